The van der Waals surface area contributed by atoms with Gasteiger partial charge in [-0.25, -0.2) is 4.79 Å². The molecule has 0 radical (unpaired) electrons. The van der Waals surface area contributed by atoms with Crippen molar-refractivity contribution in [2.75, 3.05) is 30.8 Å². The van der Waals surface area contributed by atoms with Gasteiger partial charge in [0.15, 0.2) is 11.5 Å². The molecule has 4 N–H and O–H groups in total. The number of carbonyl (C=O) groups is 3. The highest BCUT2D eigenvalue weighted by Crippen LogP contribution is 2.50. The molecule has 2 aliphatic carbocycles. The molecule has 2 saturated carbocycles. The van der Waals surface area contributed by atoms with Crippen LogP contribution in [0.2, 0.25) is 0 Å². The number of likely N-dealkylation sites (tertiary alicyclic amines) is 1. The molecule has 5 rings (SSSR count). The van der Waals surface area contributed by atoms with Gasteiger partial charge < -0.3 is 35.5 Å². The molecule has 40 heavy (non-hydrogen) atoms. The Bertz CT molecular complexity index is 1180. The first kappa shape index (κ1) is 30.6. The summed E-state index contributed by atoms with van der Waals surface area (Å²) >= 11 is 0. The molecular weight excluding hydrogens is 512 g/mol. The standard InChI is InChI=1S/C23H30N6O4.C4H6O.C2H6/c1-22(2,3)33-21(31)29-12-23(13-29)10-16(11-23)32-15-7-5-6-14(8-15)26-17-9-18(25-4)27-28-19(17)20(24)30;5-3-4-1-2-4;1-2/h5-9,16H,10-13H2,1-4H3,(H2,24,30)(H2,25,26,27);3-4H,1-2H2;1-2H3. The zero-order valence-corrected chi connectivity index (χ0v) is 24.3. The fraction of sp³-hybridized carbons (Fsp3) is 0.552. The first-order chi connectivity index (χ1) is 19.0. The number of primary amides is 1. The maximum Gasteiger partial charge on any atom is 0.410 e. The van der Waals surface area contributed by atoms with E-state index in [4.69, 9.17) is 15.2 Å². The second-order valence-electron chi connectivity index (χ2n) is 11.2. The molecule has 1 aromatic heterocycles. The third-order valence-electron chi connectivity index (χ3n) is 6.54. The Labute approximate surface area is 236 Å². The van der Waals surface area contributed by atoms with Gasteiger partial charge >= 0.3 is 6.09 Å². The predicted octanol–water partition coefficient (Wildman–Crippen LogP) is 4.76. The summed E-state index contributed by atoms with van der Waals surface area (Å²) in [4.78, 5) is 35.2. The van der Waals surface area contributed by atoms with Crippen LogP contribution in [0.1, 0.15) is 70.8 Å². The summed E-state index contributed by atoms with van der Waals surface area (Å²) in [5, 5.41) is 13.8. The number of rotatable bonds is 7. The maximum absolute atomic E-state index is 12.2. The van der Waals surface area contributed by atoms with E-state index >= 15 is 0 Å². The second kappa shape index (κ2) is 13.0. The van der Waals surface area contributed by atoms with E-state index in [0.717, 1.165) is 43.4 Å². The number of aromatic nitrogens is 2. The highest BCUT2D eigenvalue weighted by Gasteiger charge is 2.55. The maximum atomic E-state index is 12.2. The van der Waals surface area contributed by atoms with Crippen molar-refractivity contribution in [3.8, 4) is 5.75 Å². The van der Waals surface area contributed by atoms with E-state index in [9.17, 15) is 14.4 Å². The number of nitrogens with two attached hydrogens (primary N) is 1. The number of nitrogens with zero attached hydrogens (tertiary/aromatic N) is 3. The molecule has 2 aromatic rings. The molecule has 11 nitrogen and oxygen atoms in total. The molecule has 1 aliphatic heterocycles. The second-order valence-corrected chi connectivity index (χ2v) is 11.2. The summed E-state index contributed by atoms with van der Waals surface area (Å²) in [6.07, 6.45) is 4.96. The van der Waals surface area contributed by atoms with Crippen LogP contribution in [0.3, 0.4) is 0 Å². The highest BCUT2D eigenvalue weighted by atomic mass is 16.6. The van der Waals surface area contributed by atoms with Crippen LogP contribution in [0.4, 0.5) is 22.0 Å². The predicted molar refractivity (Wildman–Crippen MR) is 154 cm³/mol. The summed E-state index contributed by atoms with van der Waals surface area (Å²) in [5.41, 5.74) is 6.33. The van der Waals surface area contributed by atoms with Gasteiger partial charge in [0.2, 0.25) is 0 Å². The molecule has 1 aromatic carbocycles. The Hall–Kier alpha value is -3.89. The van der Waals surface area contributed by atoms with Crippen molar-refractivity contribution in [1.29, 1.82) is 0 Å². The van der Waals surface area contributed by atoms with Gasteiger partial charge in [-0.15, -0.1) is 10.2 Å². The smallest absolute Gasteiger partial charge is 0.410 e. The van der Waals surface area contributed by atoms with Crippen LogP contribution in [-0.4, -0.2) is 65.2 Å². The van der Waals surface area contributed by atoms with Crippen molar-refractivity contribution < 1.29 is 23.9 Å². The van der Waals surface area contributed by atoms with Gasteiger partial charge in [0.1, 0.15) is 23.7 Å². The van der Waals surface area contributed by atoms with Crippen LogP contribution in [0.25, 0.3) is 0 Å². The lowest BCUT2D eigenvalue weighted by atomic mass is 9.62. The van der Waals surface area contributed by atoms with Crippen LogP contribution >= 0.6 is 0 Å². The van der Waals surface area contributed by atoms with Gasteiger partial charge in [-0.05, 0) is 58.6 Å². The van der Waals surface area contributed by atoms with Crippen molar-refractivity contribution >= 4 is 35.5 Å². The molecule has 1 saturated heterocycles. The molecule has 0 bridgehead atoms. The topological polar surface area (TPSA) is 149 Å². The Kier molecular flexibility index (Phi) is 9.94. The van der Waals surface area contributed by atoms with Crippen LogP contribution in [-0.2, 0) is 9.53 Å². The van der Waals surface area contributed by atoms with Gasteiger partial charge in [-0.1, -0.05) is 19.9 Å². The van der Waals surface area contributed by atoms with E-state index in [-0.39, 0.29) is 23.3 Å². The molecule has 0 unspecified atom stereocenters. The van der Waals surface area contributed by atoms with Crippen molar-refractivity contribution in [3.63, 3.8) is 0 Å². The normalized spacial score (nSPS) is 17.0. The summed E-state index contributed by atoms with van der Waals surface area (Å²) in [7, 11) is 1.71. The Morgan fingerprint density at radius 1 is 1.12 bits per heavy atom. The number of hydrogen-bond donors (Lipinski definition) is 3. The zero-order valence-electron chi connectivity index (χ0n) is 24.3. The molecule has 3 fully saturated rings. The van der Waals surface area contributed by atoms with Gasteiger partial charge in [-0.3, -0.25) is 4.79 Å². The lowest BCUT2D eigenvalue weighted by molar-refractivity contribution is -0.116. The summed E-state index contributed by atoms with van der Waals surface area (Å²) in [5.74, 6) is 1.02. The van der Waals surface area contributed by atoms with Crippen molar-refractivity contribution in [2.24, 2.45) is 17.1 Å². The first-order valence-corrected chi connectivity index (χ1v) is 13.8. The van der Waals surface area contributed by atoms with E-state index in [1.54, 1.807) is 18.0 Å². The highest BCUT2D eigenvalue weighted by molar-refractivity contribution is 5.97. The largest absolute Gasteiger partial charge is 0.490 e. The Morgan fingerprint density at radius 3 is 2.33 bits per heavy atom. The third-order valence-corrected chi connectivity index (χ3v) is 6.54. The zero-order chi connectivity index (χ0) is 29.5. The average molecular weight is 555 g/mol. The van der Waals surface area contributed by atoms with Crippen LogP contribution in [0.15, 0.2) is 30.3 Å². The summed E-state index contributed by atoms with van der Waals surface area (Å²) in [6, 6.07) is 9.16. The van der Waals surface area contributed by atoms with Gasteiger partial charge in [0, 0.05) is 49.3 Å². The number of amides is 2. The third kappa shape index (κ3) is 8.30. The van der Waals surface area contributed by atoms with Crippen LogP contribution in [0, 0.1) is 11.3 Å². The number of carbonyl (C=O) groups excluding carboxylic acids is 3. The average Bonchev–Trinajstić information content (AvgIpc) is 3.70. The summed E-state index contributed by atoms with van der Waals surface area (Å²) in [6.45, 7) is 11.0. The molecular formula is C29H42N6O5. The minimum Gasteiger partial charge on any atom is -0.490 e. The van der Waals surface area contributed by atoms with Crippen molar-refractivity contribution in [1.82, 2.24) is 15.1 Å². The molecule has 218 valence electrons. The Balaban J connectivity index is 0.000000558. The monoisotopic (exact) mass is 554 g/mol. The number of benzene rings is 1. The van der Waals surface area contributed by atoms with Gasteiger partial charge in [0.25, 0.3) is 5.91 Å². The number of nitrogens with one attached hydrogen (secondary N) is 2. The van der Waals surface area contributed by atoms with E-state index in [2.05, 4.69) is 20.8 Å². The molecule has 3 aliphatic rings. The van der Waals surface area contributed by atoms with E-state index < -0.39 is 11.5 Å². The number of hydrogen-bond acceptors (Lipinski definition) is 9. The van der Waals surface area contributed by atoms with Crippen LogP contribution < -0.4 is 21.1 Å². The fourth-order valence-electron chi connectivity index (χ4n) is 4.49. The van der Waals surface area contributed by atoms with E-state index in [1.807, 2.05) is 58.9 Å². The fourth-order valence-corrected chi connectivity index (χ4v) is 4.49. The van der Waals surface area contributed by atoms with Crippen molar-refractivity contribution in [3.05, 3.63) is 36.0 Å². The number of anilines is 3. The van der Waals surface area contributed by atoms with Gasteiger partial charge in [0.05, 0.1) is 5.69 Å². The van der Waals surface area contributed by atoms with E-state index in [0.29, 0.717) is 30.5 Å². The molecule has 0 atom stereocenters. The summed E-state index contributed by atoms with van der Waals surface area (Å²) < 4.78 is 11.6. The molecule has 2 amide bonds. The molecule has 2 heterocycles. The number of ether oxygens (including phenoxy) is 2. The first-order valence-electron chi connectivity index (χ1n) is 13.8. The van der Waals surface area contributed by atoms with Crippen LogP contribution in [0.5, 0.6) is 5.75 Å². The lowest BCUT2D eigenvalue weighted by Gasteiger charge is -2.58. The quantitative estimate of drug-likeness (QED) is 0.412. The van der Waals surface area contributed by atoms with E-state index in [1.165, 1.54) is 0 Å². The lowest BCUT2D eigenvalue weighted by Crippen LogP contribution is -2.66. The molecule has 11 heteroatoms. The minimum absolute atomic E-state index is 0.0563. The Morgan fingerprint density at radius 2 is 1.80 bits per heavy atom. The molecule has 1 spiro atoms. The van der Waals surface area contributed by atoms with Crippen molar-refractivity contribution in [2.45, 2.75) is 72.0 Å². The van der Waals surface area contributed by atoms with Gasteiger partial charge in [-0.2, -0.15) is 0 Å². The SMILES string of the molecule is CC.CNc1cc(Nc2cccc(OC3CC4(C3)CN(C(=O)OC(C)(C)C)C4)c2)c(C(N)=O)nn1.O=CC1CC1. The minimum atomic E-state index is -0.666. The number of aldehydes is 1.